The molecule has 0 radical (unpaired) electrons. The fourth-order valence-corrected chi connectivity index (χ4v) is 0.978. The monoisotopic (exact) mass is 191 g/mol. The Balaban J connectivity index is 2.46. The lowest BCUT2D eigenvalue weighted by Gasteiger charge is -1.97. The van der Waals surface area contributed by atoms with Gasteiger partial charge in [0.25, 0.3) is 5.95 Å². The van der Waals surface area contributed by atoms with Crippen LogP contribution < -0.4 is 11.1 Å². The van der Waals surface area contributed by atoms with Gasteiger partial charge in [-0.3, -0.25) is 0 Å². The number of nitrogens with zero attached hydrogens (tertiary/aromatic N) is 5. The number of nitrogen functional groups attached to an aromatic ring is 1. The van der Waals surface area contributed by atoms with Crippen molar-refractivity contribution in [3.05, 3.63) is 18.5 Å². The first-order valence-electron chi connectivity index (χ1n) is 3.99. The van der Waals surface area contributed by atoms with E-state index in [2.05, 4.69) is 25.4 Å². The van der Waals surface area contributed by atoms with Gasteiger partial charge in [0.1, 0.15) is 0 Å². The Bertz CT molecular complexity index is 421. The van der Waals surface area contributed by atoms with Gasteiger partial charge in [-0.05, 0) is 6.07 Å². The van der Waals surface area contributed by atoms with Crippen molar-refractivity contribution in [3.8, 4) is 5.95 Å². The quantitative estimate of drug-likeness (QED) is 0.675. The van der Waals surface area contributed by atoms with E-state index >= 15 is 0 Å². The number of aromatic nitrogens is 5. The van der Waals surface area contributed by atoms with E-state index in [0.717, 1.165) is 0 Å². The molecule has 0 saturated carbocycles. The van der Waals surface area contributed by atoms with Gasteiger partial charge in [0, 0.05) is 19.4 Å². The zero-order valence-corrected chi connectivity index (χ0v) is 7.55. The zero-order chi connectivity index (χ0) is 9.97. The topological polar surface area (TPSA) is 94.5 Å². The third kappa shape index (κ3) is 1.35. The molecule has 0 unspecified atom stereocenters. The molecule has 0 bridgehead atoms. The van der Waals surface area contributed by atoms with Crippen LogP contribution in [0.2, 0.25) is 0 Å². The zero-order valence-electron chi connectivity index (χ0n) is 7.55. The smallest absolute Gasteiger partial charge is 0.253 e. The van der Waals surface area contributed by atoms with Gasteiger partial charge in [-0.15, -0.1) is 5.10 Å². The minimum absolute atomic E-state index is 0.251. The summed E-state index contributed by atoms with van der Waals surface area (Å²) in [5.41, 5.74) is 5.62. The lowest BCUT2D eigenvalue weighted by Crippen LogP contribution is -2.06. The first-order chi connectivity index (χ1) is 6.81. The number of nitrogens with one attached hydrogen (secondary N) is 1. The van der Waals surface area contributed by atoms with Crippen molar-refractivity contribution in [3.63, 3.8) is 0 Å². The molecular formula is C7H9N7. The number of hydrogen-bond acceptors (Lipinski definition) is 6. The van der Waals surface area contributed by atoms with Crippen molar-refractivity contribution < 1.29 is 0 Å². The molecule has 2 aromatic rings. The maximum absolute atomic E-state index is 5.62. The van der Waals surface area contributed by atoms with Crippen LogP contribution in [-0.4, -0.2) is 31.8 Å². The molecule has 3 N–H and O–H groups in total. The van der Waals surface area contributed by atoms with Gasteiger partial charge in [-0.1, -0.05) is 0 Å². The minimum Gasteiger partial charge on any atom is -0.368 e. The van der Waals surface area contributed by atoms with E-state index in [-0.39, 0.29) is 5.95 Å². The van der Waals surface area contributed by atoms with Gasteiger partial charge in [0.05, 0.1) is 0 Å². The van der Waals surface area contributed by atoms with E-state index in [9.17, 15) is 0 Å². The average molecular weight is 191 g/mol. The van der Waals surface area contributed by atoms with Crippen LogP contribution in [0.3, 0.4) is 0 Å². The number of rotatable bonds is 2. The highest BCUT2D eigenvalue weighted by Gasteiger charge is 2.08. The first-order valence-corrected chi connectivity index (χ1v) is 3.99. The van der Waals surface area contributed by atoms with Crippen LogP contribution in [0.4, 0.5) is 11.9 Å². The van der Waals surface area contributed by atoms with E-state index in [1.807, 2.05) is 0 Å². The molecule has 0 spiro atoms. The summed E-state index contributed by atoms with van der Waals surface area (Å²) >= 11 is 0. The van der Waals surface area contributed by atoms with Gasteiger partial charge >= 0.3 is 0 Å². The molecule has 14 heavy (non-hydrogen) atoms. The second kappa shape index (κ2) is 3.29. The molecule has 0 amide bonds. The van der Waals surface area contributed by atoms with Crippen molar-refractivity contribution in [2.75, 3.05) is 18.1 Å². The largest absolute Gasteiger partial charge is 0.368 e. The first kappa shape index (κ1) is 8.42. The van der Waals surface area contributed by atoms with E-state index in [1.165, 1.54) is 4.68 Å². The summed E-state index contributed by atoms with van der Waals surface area (Å²) in [5, 5.41) is 6.82. The highest BCUT2D eigenvalue weighted by atomic mass is 15.5. The third-order valence-electron chi connectivity index (χ3n) is 1.60. The minimum atomic E-state index is 0.251. The summed E-state index contributed by atoms with van der Waals surface area (Å²) < 4.78 is 1.37. The Morgan fingerprint density at radius 3 is 2.64 bits per heavy atom. The van der Waals surface area contributed by atoms with Crippen molar-refractivity contribution in [2.24, 2.45) is 0 Å². The van der Waals surface area contributed by atoms with Gasteiger partial charge in [-0.25, -0.2) is 9.97 Å². The lowest BCUT2D eigenvalue weighted by atomic mass is 10.7. The van der Waals surface area contributed by atoms with E-state index in [0.29, 0.717) is 11.9 Å². The SMILES string of the molecule is CNc1nc(N)n(-c2ncccn2)n1. The Morgan fingerprint density at radius 1 is 1.36 bits per heavy atom. The summed E-state index contributed by atoms with van der Waals surface area (Å²) in [5.74, 6) is 1.09. The molecule has 0 aromatic carbocycles. The number of anilines is 2. The van der Waals surface area contributed by atoms with Gasteiger partial charge in [-0.2, -0.15) is 9.67 Å². The normalized spacial score (nSPS) is 10.1. The molecule has 0 aliphatic carbocycles. The molecular weight excluding hydrogens is 182 g/mol. The molecule has 0 atom stereocenters. The fraction of sp³-hybridized carbons (Fsp3) is 0.143. The third-order valence-corrected chi connectivity index (χ3v) is 1.60. The molecule has 72 valence electrons. The molecule has 0 aliphatic heterocycles. The standard InChI is InChI=1S/C7H9N7/c1-9-6-12-5(8)14(13-6)7-10-3-2-4-11-7/h2-4H,1H3,(H3,8,9,12,13). The molecule has 0 fully saturated rings. The van der Waals surface area contributed by atoms with Crippen LogP contribution in [0.15, 0.2) is 18.5 Å². The van der Waals surface area contributed by atoms with Crippen molar-refractivity contribution in [1.82, 2.24) is 24.7 Å². The summed E-state index contributed by atoms with van der Waals surface area (Å²) in [6, 6.07) is 1.72. The number of nitrogens with two attached hydrogens (primary N) is 1. The Kier molecular flexibility index (Phi) is 1.98. The van der Waals surface area contributed by atoms with E-state index in [4.69, 9.17) is 5.73 Å². The van der Waals surface area contributed by atoms with E-state index in [1.54, 1.807) is 25.5 Å². The summed E-state index contributed by atoms with van der Waals surface area (Å²) in [7, 11) is 1.71. The predicted molar refractivity (Wildman–Crippen MR) is 50.9 cm³/mol. The lowest BCUT2D eigenvalue weighted by molar-refractivity contribution is 0.818. The Morgan fingerprint density at radius 2 is 2.07 bits per heavy atom. The fourth-order valence-electron chi connectivity index (χ4n) is 0.978. The van der Waals surface area contributed by atoms with Gasteiger partial charge < -0.3 is 11.1 Å². The highest BCUT2D eigenvalue weighted by Crippen LogP contribution is 2.07. The van der Waals surface area contributed by atoms with Crippen molar-refractivity contribution in [1.29, 1.82) is 0 Å². The van der Waals surface area contributed by atoms with Crippen LogP contribution in [0.1, 0.15) is 0 Å². The molecule has 7 nitrogen and oxygen atoms in total. The molecule has 2 heterocycles. The molecule has 7 heteroatoms. The molecule has 2 aromatic heterocycles. The highest BCUT2D eigenvalue weighted by molar-refractivity contribution is 5.35. The second-order valence-corrected chi connectivity index (χ2v) is 2.50. The van der Waals surface area contributed by atoms with Crippen molar-refractivity contribution in [2.45, 2.75) is 0 Å². The van der Waals surface area contributed by atoms with Crippen molar-refractivity contribution >= 4 is 11.9 Å². The van der Waals surface area contributed by atoms with Crippen LogP contribution in [0.25, 0.3) is 5.95 Å². The summed E-state index contributed by atoms with van der Waals surface area (Å²) in [6.07, 6.45) is 3.23. The maximum atomic E-state index is 5.62. The second-order valence-electron chi connectivity index (χ2n) is 2.50. The van der Waals surface area contributed by atoms with Gasteiger partial charge in [0.2, 0.25) is 11.9 Å². The maximum Gasteiger partial charge on any atom is 0.253 e. The Labute approximate surface area is 80.0 Å². The molecule has 0 saturated heterocycles. The average Bonchev–Trinajstić information content (AvgIpc) is 2.61. The van der Waals surface area contributed by atoms with Crippen LogP contribution >= 0.6 is 0 Å². The summed E-state index contributed by atoms with van der Waals surface area (Å²) in [6.45, 7) is 0. The van der Waals surface area contributed by atoms with Crippen LogP contribution in [-0.2, 0) is 0 Å². The van der Waals surface area contributed by atoms with Gasteiger partial charge in [0.15, 0.2) is 0 Å². The summed E-state index contributed by atoms with van der Waals surface area (Å²) in [4.78, 5) is 11.9. The van der Waals surface area contributed by atoms with E-state index < -0.39 is 0 Å². The number of hydrogen-bond donors (Lipinski definition) is 2. The molecule has 0 aliphatic rings. The molecule has 2 rings (SSSR count). The predicted octanol–water partition coefficient (Wildman–Crippen LogP) is -0.319. The van der Waals surface area contributed by atoms with Crippen LogP contribution in [0, 0.1) is 0 Å². The Hall–Kier alpha value is -2.18. The van der Waals surface area contributed by atoms with Crippen LogP contribution in [0.5, 0.6) is 0 Å².